The second-order valence-corrected chi connectivity index (χ2v) is 9.81. The molecule has 39 heavy (non-hydrogen) atoms. The van der Waals surface area contributed by atoms with E-state index in [0.717, 1.165) is 60.8 Å². The monoisotopic (exact) mass is 527 g/mol. The van der Waals surface area contributed by atoms with Gasteiger partial charge in [-0.15, -0.1) is 0 Å². The van der Waals surface area contributed by atoms with Crippen molar-refractivity contribution in [1.29, 1.82) is 5.41 Å². The Morgan fingerprint density at radius 2 is 1.62 bits per heavy atom. The molecule has 2 aromatic rings. The predicted molar refractivity (Wildman–Crippen MR) is 169 cm³/mol. The van der Waals surface area contributed by atoms with Crippen molar-refractivity contribution in [3.63, 3.8) is 0 Å². The fourth-order valence-electron chi connectivity index (χ4n) is 4.18. The lowest BCUT2D eigenvalue weighted by Crippen LogP contribution is -2.25. The SMILES string of the molecule is CCCC(C#Cc1cccc(C(=N)CCN)c1)CC.CCCC(O)(C#Cc1cccc(/C=C/CN)c1)CCC. The average molecular weight is 528 g/mol. The van der Waals surface area contributed by atoms with Gasteiger partial charge in [0, 0.05) is 35.7 Å². The van der Waals surface area contributed by atoms with Crippen LogP contribution in [0.4, 0.5) is 0 Å². The topological polar surface area (TPSA) is 96.1 Å². The Hall–Kier alpha value is -3.15. The first-order valence-electron chi connectivity index (χ1n) is 14.5. The molecule has 0 spiro atoms. The molecule has 0 aliphatic rings. The maximum atomic E-state index is 10.5. The summed E-state index contributed by atoms with van der Waals surface area (Å²) in [4.78, 5) is 0. The molecule has 1 atom stereocenters. The van der Waals surface area contributed by atoms with Crippen LogP contribution in [0.3, 0.4) is 0 Å². The van der Waals surface area contributed by atoms with Crippen LogP contribution in [-0.2, 0) is 0 Å². The zero-order chi connectivity index (χ0) is 28.9. The first-order valence-corrected chi connectivity index (χ1v) is 14.5. The van der Waals surface area contributed by atoms with E-state index in [-0.39, 0.29) is 0 Å². The lowest BCUT2D eigenvalue weighted by atomic mass is 9.93. The summed E-state index contributed by atoms with van der Waals surface area (Å²) < 4.78 is 0. The quantitative estimate of drug-likeness (QED) is 0.178. The van der Waals surface area contributed by atoms with Crippen molar-refractivity contribution in [3.05, 3.63) is 76.9 Å². The Morgan fingerprint density at radius 1 is 0.949 bits per heavy atom. The van der Waals surface area contributed by atoms with E-state index in [4.69, 9.17) is 16.9 Å². The van der Waals surface area contributed by atoms with Crippen molar-refractivity contribution >= 4 is 11.8 Å². The number of aliphatic hydroxyl groups is 1. The summed E-state index contributed by atoms with van der Waals surface area (Å²) in [6, 6.07) is 15.9. The van der Waals surface area contributed by atoms with Crippen LogP contribution in [-0.4, -0.2) is 29.5 Å². The van der Waals surface area contributed by atoms with E-state index in [1.54, 1.807) is 0 Å². The molecule has 0 fully saturated rings. The van der Waals surface area contributed by atoms with E-state index < -0.39 is 5.60 Å². The second kappa shape index (κ2) is 19.9. The summed E-state index contributed by atoms with van der Waals surface area (Å²) in [6.07, 6.45) is 11.3. The first kappa shape index (κ1) is 33.9. The minimum Gasteiger partial charge on any atom is -0.378 e. The summed E-state index contributed by atoms with van der Waals surface area (Å²) in [6.45, 7) is 9.56. The largest absolute Gasteiger partial charge is 0.378 e. The van der Waals surface area contributed by atoms with E-state index in [2.05, 4.69) is 51.4 Å². The van der Waals surface area contributed by atoms with Gasteiger partial charge in [-0.1, -0.05) is 107 Å². The van der Waals surface area contributed by atoms with Gasteiger partial charge in [-0.25, -0.2) is 0 Å². The first-order chi connectivity index (χ1) is 18.8. The van der Waals surface area contributed by atoms with Gasteiger partial charge in [0.2, 0.25) is 0 Å². The van der Waals surface area contributed by atoms with Crippen molar-refractivity contribution in [2.75, 3.05) is 13.1 Å². The summed E-state index contributed by atoms with van der Waals surface area (Å²) >= 11 is 0. The van der Waals surface area contributed by atoms with Gasteiger partial charge in [-0.2, -0.15) is 0 Å². The molecular weight excluding hydrogens is 478 g/mol. The number of nitrogens with two attached hydrogens (primary N) is 2. The minimum atomic E-state index is -0.855. The standard InChI is InChI=1S/C18H25NO.C17H24N2/c1-3-11-18(20,12-4-2)13-10-17-8-5-7-16(15-17)9-6-14-19;1-3-6-14(4-2)9-10-15-7-5-8-16(13-15)17(19)11-12-18/h5-9,15,20H,3-4,11-12,14,19H2,1-2H3;5,7-8,13-14,19H,3-4,6,11-12,18H2,1-2H3/b9-6+;. The van der Waals surface area contributed by atoms with Gasteiger partial charge >= 0.3 is 0 Å². The fraction of sp³-hybridized carbons (Fsp3) is 0.457. The predicted octanol–water partition coefficient (Wildman–Crippen LogP) is 6.92. The molecule has 4 nitrogen and oxygen atoms in total. The third-order valence-electron chi connectivity index (χ3n) is 6.26. The molecule has 210 valence electrons. The molecule has 0 aliphatic heterocycles. The second-order valence-electron chi connectivity index (χ2n) is 9.81. The van der Waals surface area contributed by atoms with Crippen LogP contribution >= 0.6 is 0 Å². The van der Waals surface area contributed by atoms with Gasteiger partial charge in [-0.3, -0.25) is 0 Å². The molecule has 0 amide bonds. The molecule has 6 N–H and O–H groups in total. The van der Waals surface area contributed by atoms with Crippen molar-refractivity contribution in [2.45, 2.75) is 84.7 Å². The van der Waals surface area contributed by atoms with Crippen LogP contribution in [0.2, 0.25) is 0 Å². The zero-order valence-electron chi connectivity index (χ0n) is 24.5. The lowest BCUT2D eigenvalue weighted by molar-refractivity contribution is 0.0807. The van der Waals surface area contributed by atoms with Crippen LogP contribution in [0.1, 0.15) is 101 Å². The van der Waals surface area contributed by atoms with Crippen LogP contribution in [0, 0.1) is 35.0 Å². The van der Waals surface area contributed by atoms with E-state index in [1.807, 2.05) is 60.7 Å². The van der Waals surface area contributed by atoms with E-state index in [0.29, 0.717) is 31.1 Å². The smallest absolute Gasteiger partial charge is 0.125 e. The van der Waals surface area contributed by atoms with E-state index >= 15 is 0 Å². The number of hydrogen-bond donors (Lipinski definition) is 4. The molecule has 2 aromatic carbocycles. The Labute approximate surface area is 237 Å². The van der Waals surface area contributed by atoms with Crippen LogP contribution < -0.4 is 11.5 Å². The molecular formula is C35H49N3O. The number of hydrogen-bond acceptors (Lipinski definition) is 4. The normalized spacial score (nSPS) is 11.5. The van der Waals surface area contributed by atoms with Gasteiger partial charge in [0.15, 0.2) is 0 Å². The van der Waals surface area contributed by atoms with Gasteiger partial charge in [0.05, 0.1) is 0 Å². The highest BCUT2D eigenvalue weighted by Gasteiger charge is 2.21. The third kappa shape index (κ3) is 14.0. The molecule has 0 radical (unpaired) electrons. The van der Waals surface area contributed by atoms with Crippen molar-refractivity contribution in [2.24, 2.45) is 17.4 Å². The Bertz CT molecular complexity index is 1140. The van der Waals surface area contributed by atoms with Crippen molar-refractivity contribution in [1.82, 2.24) is 0 Å². The van der Waals surface area contributed by atoms with Crippen LogP contribution in [0.5, 0.6) is 0 Å². The maximum Gasteiger partial charge on any atom is 0.125 e. The molecule has 0 bridgehead atoms. The van der Waals surface area contributed by atoms with Gasteiger partial charge in [0.25, 0.3) is 0 Å². The van der Waals surface area contributed by atoms with Gasteiger partial charge < -0.3 is 22.0 Å². The Kier molecular flexibility index (Phi) is 17.2. The summed E-state index contributed by atoms with van der Waals surface area (Å²) in [5.74, 6) is 13.2. The maximum absolute atomic E-state index is 10.5. The number of nitrogens with one attached hydrogen (secondary N) is 1. The number of benzene rings is 2. The molecule has 4 heteroatoms. The molecule has 1 unspecified atom stereocenters. The fourth-order valence-corrected chi connectivity index (χ4v) is 4.18. The highest BCUT2D eigenvalue weighted by Crippen LogP contribution is 2.19. The van der Waals surface area contributed by atoms with Gasteiger partial charge in [0.1, 0.15) is 5.60 Å². The highest BCUT2D eigenvalue weighted by molar-refractivity contribution is 5.98. The Morgan fingerprint density at radius 3 is 2.21 bits per heavy atom. The van der Waals surface area contributed by atoms with Crippen molar-refractivity contribution < 1.29 is 5.11 Å². The summed E-state index contributed by atoms with van der Waals surface area (Å²) in [5, 5.41) is 18.4. The zero-order valence-corrected chi connectivity index (χ0v) is 24.5. The summed E-state index contributed by atoms with van der Waals surface area (Å²) in [7, 11) is 0. The molecule has 2 rings (SSSR count). The third-order valence-corrected chi connectivity index (χ3v) is 6.26. The van der Waals surface area contributed by atoms with Crippen LogP contribution in [0.15, 0.2) is 54.6 Å². The van der Waals surface area contributed by atoms with Gasteiger partial charge in [-0.05, 0) is 67.6 Å². The average Bonchev–Trinajstić information content (AvgIpc) is 2.94. The summed E-state index contributed by atoms with van der Waals surface area (Å²) in [5.41, 5.74) is 14.6. The molecule has 0 saturated heterocycles. The Balaban J connectivity index is 0.000000391. The van der Waals surface area contributed by atoms with Crippen molar-refractivity contribution in [3.8, 4) is 23.7 Å². The molecule has 0 aromatic heterocycles. The molecule has 0 saturated carbocycles. The number of rotatable bonds is 12. The molecule has 0 aliphatic carbocycles. The minimum absolute atomic E-state index is 0.483. The molecule has 0 heterocycles. The highest BCUT2D eigenvalue weighted by atomic mass is 16.3. The lowest BCUT2D eigenvalue weighted by Gasteiger charge is -2.20. The van der Waals surface area contributed by atoms with Crippen LogP contribution in [0.25, 0.3) is 6.08 Å². The van der Waals surface area contributed by atoms with E-state index in [9.17, 15) is 5.11 Å². The van der Waals surface area contributed by atoms with E-state index in [1.165, 1.54) is 6.42 Å².